The smallest absolute Gasteiger partial charge is 0.227 e. The van der Waals surface area contributed by atoms with Gasteiger partial charge in [0.15, 0.2) is 0 Å². The molecule has 1 aliphatic heterocycles. The molecule has 0 unspecified atom stereocenters. The van der Waals surface area contributed by atoms with E-state index >= 15 is 0 Å². The quantitative estimate of drug-likeness (QED) is 0.676. The maximum Gasteiger partial charge on any atom is 0.227 e. The van der Waals surface area contributed by atoms with Crippen LogP contribution in [0.2, 0.25) is 5.02 Å². The van der Waals surface area contributed by atoms with Crippen LogP contribution in [0.5, 0.6) is 5.75 Å². The number of allylic oxidation sites excluding steroid dienone is 1. The van der Waals surface area contributed by atoms with Gasteiger partial charge in [-0.2, -0.15) is 0 Å². The van der Waals surface area contributed by atoms with Crippen molar-refractivity contribution in [3.8, 4) is 5.75 Å². The molecule has 0 radical (unpaired) electrons. The first-order valence-electron chi connectivity index (χ1n) is 9.44. The minimum atomic E-state index is -0.00916. The number of fused-ring (bicyclic) bond motifs is 1. The number of carbonyl (C=O) groups excluding carboxylic acids is 1. The Hall–Kier alpha value is -2.26. The summed E-state index contributed by atoms with van der Waals surface area (Å²) in [7, 11) is 1.61. The van der Waals surface area contributed by atoms with Crippen LogP contribution in [-0.4, -0.2) is 17.9 Å². The van der Waals surface area contributed by atoms with Crippen LogP contribution in [0.3, 0.4) is 0 Å². The summed E-state index contributed by atoms with van der Waals surface area (Å²) in [5.41, 5.74) is 2.21. The van der Waals surface area contributed by atoms with Crippen molar-refractivity contribution in [2.45, 2.75) is 25.9 Å². The summed E-state index contributed by atoms with van der Waals surface area (Å²) in [6.07, 6.45) is 5.42. The number of hydrogen-bond acceptors (Lipinski definition) is 2. The highest BCUT2D eigenvalue weighted by Gasteiger charge is 2.50. The van der Waals surface area contributed by atoms with E-state index < -0.39 is 0 Å². The zero-order valence-corrected chi connectivity index (χ0v) is 16.4. The third kappa shape index (κ3) is 3.25. The zero-order valence-electron chi connectivity index (χ0n) is 15.6. The third-order valence-electron chi connectivity index (χ3n) is 5.88. The van der Waals surface area contributed by atoms with Crippen molar-refractivity contribution in [2.24, 2.45) is 17.8 Å². The minimum Gasteiger partial charge on any atom is -0.495 e. The average molecular weight is 382 g/mol. The van der Waals surface area contributed by atoms with Gasteiger partial charge in [-0.3, -0.25) is 4.79 Å². The Balaban J connectivity index is 1.76. The molecule has 27 heavy (non-hydrogen) atoms. The number of nitrogens with zero attached hydrogens (tertiary/aromatic N) is 1. The summed E-state index contributed by atoms with van der Waals surface area (Å²) in [5.74, 6) is 1.46. The Labute approximate surface area is 165 Å². The molecule has 0 saturated carbocycles. The van der Waals surface area contributed by atoms with Gasteiger partial charge in [-0.1, -0.05) is 67.1 Å². The second-order valence-electron chi connectivity index (χ2n) is 7.53. The minimum absolute atomic E-state index is 0.00916. The van der Waals surface area contributed by atoms with E-state index in [-0.39, 0.29) is 23.8 Å². The van der Waals surface area contributed by atoms with Crippen LogP contribution in [0.1, 0.15) is 30.5 Å². The van der Waals surface area contributed by atoms with Crippen molar-refractivity contribution >= 4 is 17.5 Å². The van der Waals surface area contributed by atoms with Gasteiger partial charge in [0.25, 0.3) is 0 Å². The molecular formula is C23H24ClNO2. The molecular weight excluding hydrogens is 358 g/mol. The number of methoxy groups -OCH3 is 1. The molecule has 4 heteroatoms. The molecule has 0 spiro atoms. The normalized spacial score (nSPS) is 26.9. The molecule has 2 aromatic carbocycles. The highest BCUT2D eigenvalue weighted by atomic mass is 35.5. The van der Waals surface area contributed by atoms with Gasteiger partial charge in [-0.15, -0.1) is 0 Å². The maximum atomic E-state index is 13.4. The van der Waals surface area contributed by atoms with Gasteiger partial charge in [0.1, 0.15) is 5.75 Å². The Morgan fingerprint density at radius 2 is 1.96 bits per heavy atom. The molecule has 2 aromatic rings. The molecule has 1 fully saturated rings. The van der Waals surface area contributed by atoms with E-state index in [1.165, 1.54) is 0 Å². The summed E-state index contributed by atoms with van der Waals surface area (Å²) >= 11 is 6.41. The average Bonchev–Trinajstić information content (AvgIpc) is 2.95. The number of likely N-dealkylation sites (tertiary alicyclic amines) is 1. The number of rotatable bonds is 4. The van der Waals surface area contributed by atoms with Crippen LogP contribution in [0, 0.1) is 17.8 Å². The predicted molar refractivity (Wildman–Crippen MR) is 108 cm³/mol. The molecule has 140 valence electrons. The van der Waals surface area contributed by atoms with Crippen LogP contribution >= 0.6 is 11.6 Å². The Morgan fingerprint density at radius 1 is 1.19 bits per heavy atom. The summed E-state index contributed by atoms with van der Waals surface area (Å²) in [6, 6.07) is 16.1. The molecule has 4 atom stereocenters. The summed E-state index contributed by atoms with van der Waals surface area (Å²) in [5, 5.41) is 0.582. The Bertz CT molecular complexity index is 864. The third-order valence-corrected chi connectivity index (χ3v) is 6.17. The molecule has 0 N–H and O–H groups in total. The first kappa shape index (κ1) is 18.1. The number of hydrogen-bond donors (Lipinski definition) is 0. The van der Waals surface area contributed by atoms with Gasteiger partial charge < -0.3 is 9.64 Å². The lowest BCUT2D eigenvalue weighted by Crippen LogP contribution is -2.30. The number of amides is 1. The van der Waals surface area contributed by atoms with E-state index in [4.69, 9.17) is 16.3 Å². The van der Waals surface area contributed by atoms with Crippen LogP contribution in [0.15, 0.2) is 60.7 Å². The fourth-order valence-electron chi connectivity index (χ4n) is 4.57. The fourth-order valence-corrected chi connectivity index (χ4v) is 4.83. The van der Waals surface area contributed by atoms with Gasteiger partial charge in [-0.05, 0) is 35.6 Å². The topological polar surface area (TPSA) is 29.5 Å². The van der Waals surface area contributed by atoms with Crippen LogP contribution in [-0.2, 0) is 11.3 Å². The maximum absolute atomic E-state index is 13.4. The van der Waals surface area contributed by atoms with E-state index in [2.05, 4.69) is 31.2 Å². The Morgan fingerprint density at radius 3 is 2.67 bits per heavy atom. The van der Waals surface area contributed by atoms with Gasteiger partial charge in [0.05, 0.1) is 18.2 Å². The van der Waals surface area contributed by atoms with Gasteiger partial charge in [0.2, 0.25) is 5.91 Å². The molecule has 1 amide bonds. The van der Waals surface area contributed by atoms with E-state index in [0.29, 0.717) is 23.2 Å². The van der Waals surface area contributed by atoms with Crippen LogP contribution in [0.25, 0.3) is 0 Å². The van der Waals surface area contributed by atoms with Crippen molar-refractivity contribution in [2.75, 3.05) is 7.11 Å². The summed E-state index contributed by atoms with van der Waals surface area (Å²) < 4.78 is 5.30. The van der Waals surface area contributed by atoms with Crippen molar-refractivity contribution in [3.05, 3.63) is 76.8 Å². The fraction of sp³-hybridized carbons (Fsp3) is 0.348. The second kappa shape index (κ2) is 7.40. The Kier molecular flexibility index (Phi) is 4.96. The monoisotopic (exact) mass is 381 g/mol. The molecule has 1 aliphatic carbocycles. The lowest BCUT2D eigenvalue weighted by Gasteiger charge is -2.29. The van der Waals surface area contributed by atoms with E-state index in [1.807, 2.05) is 41.3 Å². The highest BCUT2D eigenvalue weighted by molar-refractivity contribution is 6.32. The van der Waals surface area contributed by atoms with Crippen molar-refractivity contribution in [3.63, 3.8) is 0 Å². The molecule has 0 aromatic heterocycles. The molecule has 4 rings (SSSR count). The predicted octanol–water partition coefficient (Wildman–Crippen LogP) is 5.26. The summed E-state index contributed by atoms with van der Waals surface area (Å²) in [6.45, 7) is 2.80. The van der Waals surface area contributed by atoms with Crippen molar-refractivity contribution in [1.29, 1.82) is 0 Å². The number of carbonyl (C=O) groups is 1. The standard InChI is InChI=1S/C23H24ClNO2/c1-15-7-6-10-18-21(15)23(26)25(14-16-8-4-3-5-9-16)22(18)17-11-12-20(27-2)19(24)13-17/h3-6,8-13,15,18,21-22H,7,14H2,1-2H3/t15-,18+,21+,22+/m1/s1. The zero-order chi connectivity index (χ0) is 19.0. The van der Waals surface area contributed by atoms with Crippen molar-refractivity contribution in [1.82, 2.24) is 4.90 Å². The van der Waals surface area contributed by atoms with Crippen LogP contribution in [0.4, 0.5) is 0 Å². The summed E-state index contributed by atoms with van der Waals surface area (Å²) in [4.78, 5) is 15.4. The first-order valence-corrected chi connectivity index (χ1v) is 9.82. The molecule has 1 heterocycles. The van der Waals surface area contributed by atoms with E-state index in [9.17, 15) is 4.79 Å². The van der Waals surface area contributed by atoms with Gasteiger partial charge in [-0.25, -0.2) is 0 Å². The lowest BCUT2D eigenvalue weighted by atomic mass is 9.75. The largest absolute Gasteiger partial charge is 0.495 e. The molecule has 2 aliphatic rings. The SMILES string of the molecule is COc1ccc([C@H]2[C@H]3C=CC[C@@H](C)[C@@H]3C(=O)N2Cc2ccccc2)cc1Cl. The number of benzene rings is 2. The molecule has 1 saturated heterocycles. The number of ether oxygens (including phenoxy) is 1. The molecule has 3 nitrogen and oxygen atoms in total. The van der Waals surface area contributed by atoms with E-state index in [0.717, 1.165) is 17.5 Å². The van der Waals surface area contributed by atoms with Crippen molar-refractivity contribution < 1.29 is 9.53 Å². The van der Waals surface area contributed by atoms with E-state index in [1.54, 1.807) is 7.11 Å². The van der Waals surface area contributed by atoms with Crippen LogP contribution < -0.4 is 4.74 Å². The van der Waals surface area contributed by atoms with Gasteiger partial charge >= 0.3 is 0 Å². The number of halogens is 1. The molecule has 0 bridgehead atoms. The first-order chi connectivity index (χ1) is 13.1. The van der Waals surface area contributed by atoms with Gasteiger partial charge in [0, 0.05) is 18.4 Å². The lowest BCUT2D eigenvalue weighted by molar-refractivity contribution is -0.134. The highest BCUT2D eigenvalue weighted by Crippen LogP contribution is 2.49. The second-order valence-corrected chi connectivity index (χ2v) is 7.94.